The van der Waals surface area contributed by atoms with Crippen molar-refractivity contribution in [3.8, 4) is 5.69 Å². The van der Waals surface area contributed by atoms with Crippen molar-refractivity contribution in [1.29, 1.82) is 0 Å². The van der Waals surface area contributed by atoms with Gasteiger partial charge >= 0.3 is 0 Å². The standard InChI is InChI=1S/C32H42ClF2N11O3/c33-28-30(36)40-27(26(39-28)29(34)35)32(48)38-23-19-22(7-8-25(23)45-13-11-44(12-14-45)21-5-2-1-3-6-21)46-20-24(41-42-46)31(47)37-9-4-10-43-15-17-49-18-16-43/h7-8,19-21,29H,1-6,9-18H2,(H2,36,40)(H,37,47)(H,38,48). The quantitative estimate of drug-likeness (QED) is 0.252. The van der Waals surface area contributed by atoms with Crippen molar-refractivity contribution in [2.45, 2.75) is 51.0 Å². The number of halogens is 3. The molecule has 3 aromatic rings. The van der Waals surface area contributed by atoms with E-state index in [0.717, 1.165) is 52.4 Å². The zero-order valence-corrected chi connectivity index (χ0v) is 28.0. The number of carbonyl (C=O) groups is 2. The molecule has 17 heteroatoms. The number of rotatable bonds is 11. The number of carbonyl (C=O) groups excluding carboxylic acids is 2. The smallest absolute Gasteiger partial charge is 0.282 e. The maximum Gasteiger partial charge on any atom is 0.282 e. The van der Waals surface area contributed by atoms with Crippen molar-refractivity contribution >= 4 is 40.6 Å². The third-order valence-electron chi connectivity index (χ3n) is 9.33. The van der Waals surface area contributed by atoms with Gasteiger partial charge in [0.05, 0.1) is 36.5 Å². The van der Waals surface area contributed by atoms with E-state index in [1.807, 2.05) is 12.1 Å². The van der Waals surface area contributed by atoms with Gasteiger partial charge in [0.15, 0.2) is 22.4 Å². The number of alkyl halides is 2. The van der Waals surface area contributed by atoms with Crippen LogP contribution in [0.3, 0.4) is 0 Å². The highest BCUT2D eigenvalue weighted by atomic mass is 35.5. The number of nitrogens with zero attached hydrogens (tertiary/aromatic N) is 8. The van der Waals surface area contributed by atoms with E-state index in [4.69, 9.17) is 22.1 Å². The van der Waals surface area contributed by atoms with Crippen molar-refractivity contribution in [3.05, 3.63) is 46.6 Å². The molecular weight excluding hydrogens is 660 g/mol. The third-order valence-corrected chi connectivity index (χ3v) is 9.61. The minimum Gasteiger partial charge on any atom is -0.381 e. The molecule has 0 unspecified atom stereocenters. The normalized spacial score (nSPS) is 18.2. The van der Waals surface area contributed by atoms with Crippen molar-refractivity contribution in [2.75, 3.05) is 81.5 Å². The number of hydrogen-bond acceptors (Lipinski definition) is 11. The van der Waals surface area contributed by atoms with Crippen LogP contribution in [0.4, 0.5) is 26.0 Å². The molecule has 6 rings (SSSR count). The van der Waals surface area contributed by atoms with E-state index in [9.17, 15) is 18.4 Å². The lowest BCUT2D eigenvalue weighted by Gasteiger charge is -2.42. The third kappa shape index (κ3) is 8.60. The first-order chi connectivity index (χ1) is 23.8. The highest BCUT2D eigenvalue weighted by Gasteiger charge is 2.29. The van der Waals surface area contributed by atoms with Crippen molar-refractivity contribution in [1.82, 2.24) is 40.1 Å². The van der Waals surface area contributed by atoms with Crippen molar-refractivity contribution < 1.29 is 23.1 Å². The fourth-order valence-corrected chi connectivity index (χ4v) is 6.80. The van der Waals surface area contributed by atoms with E-state index >= 15 is 0 Å². The van der Waals surface area contributed by atoms with Gasteiger partial charge in [0.2, 0.25) is 0 Å². The zero-order chi connectivity index (χ0) is 34.3. The number of nitrogens with two attached hydrogens (primary N) is 1. The highest BCUT2D eigenvalue weighted by molar-refractivity contribution is 6.31. The van der Waals surface area contributed by atoms with Gasteiger partial charge in [0, 0.05) is 51.9 Å². The summed E-state index contributed by atoms with van der Waals surface area (Å²) in [5, 5.41) is 13.4. The maximum atomic E-state index is 13.9. The van der Waals surface area contributed by atoms with Crippen LogP contribution in [0.15, 0.2) is 24.4 Å². The van der Waals surface area contributed by atoms with E-state index < -0.39 is 28.9 Å². The zero-order valence-electron chi connectivity index (χ0n) is 27.3. The van der Waals surface area contributed by atoms with E-state index in [0.29, 0.717) is 42.7 Å². The summed E-state index contributed by atoms with van der Waals surface area (Å²) in [7, 11) is 0. The first-order valence-corrected chi connectivity index (χ1v) is 17.2. The Hall–Kier alpha value is -3.99. The molecule has 4 N–H and O–H groups in total. The Kier molecular flexibility index (Phi) is 11.5. The summed E-state index contributed by atoms with van der Waals surface area (Å²) in [5.41, 5.74) is 5.92. The highest BCUT2D eigenvalue weighted by Crippen LogP contribution is 2.32. The molecule has 2 amide bonds. The summed E-state index contributed by atoms with van der Waals surface area (Å²) >= 11 is 5.85. The van der Waals surface area contributed by atoms with E-state index in [1.165, 1.54) is 43.0 Å². The number of aromatic nitrogens is 5. The second-order valence-electron chi connectivity index (χ2n) is 12.5. The molecule has 0 bridgehead atoms. The van der Waals surface area contributed by atoms with Crippen molar-refractivity contribution in [3.63, 3.8) is 0 Å². The second-order valence-corrected chi connectivity index (χ2v) is 12.9. The van der Waals surface area contributed by atoms with Crippen LogP contribution in [-0.2, 0) is 4.74 Å². The van der Waals surface area contributed by atoms with E-state index in [2.05, 4.69) is 45.6 Å². The Bertz CT molecular complexity index is 1610. The minimum absolute atomic E-state index is 0.133. The van der Waals surface area contributed by atoms with Crippen LogP contribution in [0.25, 0.3) is 5.69 Å². The molecule has 0 atom stereocenters. The summed E-state index contributed by atoms with van der Waals surface area (Å²) in [6.07, 6.45) is 5.39. The molecule has 0 spiro atoms. The molecule has 2 aliphatic heterocycles. The summed E-state index contributed by atoms with van der Waals surface area (Å²) in [4.78, 5) is 40.8. The molecule has 1 saturated carbocycles. The van der Waals surface area contributed by atoms with Gasteiger partial charge in [0.1, 0.15) is 5.69 Å². The Morgan fingerprint density at radius 3 is 2.51 bits per heavy atom. The van der Waals surface area contributed by atoms with Gasteiger partial charge < -0.3 is 26.0 Å². The molecular formula is C32H42ClF2N11O3. The van der Waals surface area contributed by atoms with Crippen LogP contribution in [0.2, 0.25) is 5.15 Å². The predicted molar refractivity (Wildman–Crippen MR) is 181 cm³/mol. The van der Waals surface area contributed by atoms with Gasteiger partial charge in [-0.2, -0.15) is 0 Å². The predicted octanol–water partition coefficient (Wildman–Crippen LogP) is 3.39. The van der Waals surface area contributed by atoms with Crippen LogP contribution in [0.5, 0.6) is 0 Å². The van der Waals surface area contributed by atoms with Crippen molar-refractivity contribution in [2.24, 2.45) is 0 Å². The summed E-state index contributed by atoms with van der Waals surface area (Å²) in [5.74, 6) is -1.60. The fourth-order valence-electron chi connectivity index (χ4n) is 6.67. The monoisotopic (exact) mass is 701 g/mol. The first kappa shape index (κ1) is 34.9. The molecule has 1 aromatic carbocycles. The number of benzene rings is 1. The van der Waals surface area contributed by atoms with Crippen LogP contribution >= 0.6 is 11.6 Å². The van der Waals surface area contributed by atoms with E-state index in [-0.39, 0.29) is 17.4 Å². The van der Waals surface area contributed by atoms with Crippen LogP contribution in [0, 0.1) is 0 Å². The molecule has 0 radical (unpaired) electrons. The van der Waals surface area contributed by atoms with Gasteiger partial charge in [-0.05, 0) is 44.0 Å². The van der Waals surface area contributed by atoms with Gasteiger partial charge in [-0.3, -0.25) is 19.4 Å². The number of nitrogens with one attached hydrogen (secondary N) is 2. The Labute approximate surface area is 288 Å². The van der Waals surface area contributed by atoms with Gasteiger partial charge in [-0.1, -0.05) is 36.1 Å². The number of morpholine rings is 1. The lowest BCUT2D eigenvalue weighted by atomic mass is 9.94. The molecule has 3 fully saturated rings. The Morgan fingerprint density at radius 2 is 1.78 bits per heavy atom. The number of nitrogen functional groups attached to an aromatic ring is 1. The maximum absolute atomic E-state index is 13.9. The number of anilines is 3. The van der Waals surface area contributed by atoms with Gasteiger partial charge in [0.25, 0.3) is 18.2 Å². The molecule has 4 heterocycles. The summed E-state index contributed by atoms with van der Waals surface area (Å²) < 4.78 is 34.6. The van der Waals surface area contributed by atoms with Gasteiger partial charge in [-0.25, -0.2) is 23.4 Å². The second kappa shape index (κ2) is 16.1. The summed E-state index contributed by atoms with van der Waals surface area (Å²) in [6, 6.07) is 5.89. The minimum atomic E-state index is -3.11. The fraction of sp³-hybridized carbons (Fsp3) is 0.562. The number of ether oxygens (including phenoxy) is 1. The topological polar surface area (TPSA) is 160 Å². The SMILES string of the molecule is Nc1nc(C(=O)Nc2cc(-n3cc(C(=O)NCCCN4CCOCC4)nn3)ccc2N2CCN(C3CCCCC3)CC2)c(C(F)F)nc1Cl. The Morgan fingerprint density at radius 1 is 1.02 bits per heavy atom. The Balaban J connectivity index is 1.19. The number of piperazine rings is 1. The van der Waals surface area contributed by atoms with E-state index in [1.54, 1.807) is 6.07 Å². The average molecular weight is 702 g/mol. The number of amides is 2. The number of hydrogen-bond donors (Lipinski definition) is 3. The molecule has 14 nitrogen and oxygen atoms in total. The first-order valence-electron chi connectivity index (χ1n) is 16.8. The lowest BCUT2D eigenvalue weighted by Crippen LogP contribution is -2.51. The molecule has 2 saturated heterocycles. The van der Waals surface area contributed by atoms with Crippen LogP contribution in [0.1, 0.15) is 71.6 Å². The van der Waals surface area contributed by atoms with Crippen LogP contribution < -0.4 is 21.3 Å². The molecule has 1 aliphatic carbocycles. The molecule has 3 aliphatic rings. The molecule has 264 valence electrons. The molecule has 2 aromatic heterocycles. The largest absolute Gasteiger partial charge is 0.381 e. The lowest BCUT2D eigenvalue weighted by molar-refractivity contribution is 0.0374. The van der Waals surface area contributed by atoms with Gasteiger partial charge in [-0.15, -0.1) is 5.10 Å². The van der Waals surface area contributed by atoms with Crippen LogP contribution in [-0.4, -0.2) is 118 Å². The average Bonchev–Trinajstić information content (AvgIpc) is 3.63. The molecule has 49 heavy (non-hydrogen) atoms. The summed E-state index contributed by atoms with van der Waals surface area (Å²) in [6.45, 7) is 7.72.